The molecule has 2 rings (SSSR count). The molecule has 1 N–H and O–H groups in total. The lowest BCUT2D eigenvalue weighted by Gasteiger charge is -2.29. The lowest BCUT2D eigenvalue weighted by molar-refractivity contribution is 0.265. The van der Waals surface area contributed by atoms with E-state index in [1.54, 1.807) is 0 Å². The van der Waals surface area contributed by atoms with Crippen LogP contribution >= 0.6 is 0 Å². The standard InChI is InChI=1S/C15H27N3/c1-3-9-16-10-15-11-17-12-18(15)14-7-5-13(4-2)6-8-14/h11-14,16H,3-10H2,1-2H3. The largest absolute Gasteiger partial charge is 0.330 e. The second kappa shape index (κ2) is 6.93. The van der Waals surface area contributed by atoms with Gasteiger partial charge in [0.25, 0.3) is 0 Å². The van der Waals surface area contributed by atoms with Crippen LogP contribution in [0.5, 0.6) is 0 Å². The van der Waals surface area contributed by atoms with Gasteiger partial charge in [0.2, 0.25) is 0 Å². The first-order valence-corrected chi connectivity index (χ1v) is 7.56. The third kappa shape index (κ3) is 3.35. The first-order chi connectivity index (χ1) is 8.85. The maximum atomic E-state index is 4.34. The van der Waals surface area contributed by atoms with E-state index in [1.165, 1.54) is 44.2 Å². The molecule has 1 heterocycles. The Bertz CT molecular complexity index is 337. The van der Waals surface area contributed by atoms with Crippen molar-refractivity contribution in [2.24, 2.45) is 5.92 Å². The number of nitrogens with zero attached hydrogens (tertiary/aromatic N) is 2. The van der Waals surface area contributed by atoms with Crippen LogP contribution in [0.3, 0.4) is 0 Å². The molecule has 0 aliphatic heterocycles. The van der Waals surface area contributed by atoms with Crippen LogP contribution in [0.4, 0.5) is 0 Å². The van der Waals surface area contributed by atoms with Crippen LogP contribution in [0.1, 0.15) is 64.1 Å². The Hall–Kier alpha value is -0.830. The van der Waals surface area contributed by atoms with Gasteiger partial charge in [-0.1, -0.05) is 20.3 Å². The number of imidazole rings is 1. The Balaban J connectivity index is 1.90. The average Bonchev–Trinajstić information content (AvgIpc) is 2.88. The Morgan fingerprint density at radius 3 is 2.72 bits per heavy atom. The van der Waals surface area contributed by atoms with Gasteiger partial charge in [-0.15, -0.1) is 0 Å². The number of aromatic nitrogens is 2. The lowest BCUT2D eigenvalue weighted by atomic mass is 9.84. The zero-order valence-electron chi connectivity index (χ0n) is 11.9. The highest BCUT2D eigenvalue weighted by molar-refractivity contribution is 5.01. The monoisotopic (exact) mass is 249 g/mol. The van der Waals surface area contributed by atoms with Gasteiger partial charge in [-0.3, -0.25) is 0 Å². The minimum absolute atomic E-state index is 0.689. The molecule has 102 valence electrons. The molecule has 1 aliphatic rings. The fraction of sp³-hybridized carbons (Fsp3) is 0.800. The summed E-state index contributed by atoms with van der Waals surface area (Å²) >= 11 is 0. The van der Waals surface area contributed by atoms with Gasteiger partial charge in [-0.25, -0.2) is 4.98 Å². The van der Waals surface area contributed by atoms with E-state index in [1.807, 2.05) is 12.5 Å². The van der Waals surface area contributed by atoms with E-state index in [2.05, 4.69) is 28.7 Å². The summed E-state index contributed by atoms with van der Waals surface area (Å²) in [5.41, 5.74) is 1.35. The van der Waals surface area contributed by atoms with Gasteiger partial charge in [-0.2, -0.15) is 0 Å². The Morgan fingerprint density at radius 1 is 1.28 bits per heavy atom. The molecule has 1 saturated carbocycles. The SMILES string of the molecule is CCCNCc1cncn1C1CCC(CC)CC1. The highest BCUT2D eigenvalue weighted by Crippen LogP contribution is 2.34. The molecule has 3 heteroatoms. The summed E-state index contributed by atoms with van der Waals surface area (Å²) in [7, 11) is 0. The number of rotatable bonds is 6. The van der Waals surface area contributed by atoms with Crippen molar-refractivity contribution in [1.82, 2.24) is 14.9 Å². The summed E-state index contributed by atoms with van der Waals surface area (Å²) in [6.07, 6.45) is 12.0. The highest BCUT2D eigenvalue weighted by Gasteiger charge is 2.22. The summed E-state index contributed by atoms with van der Waals surface area (Å²) in [5.74, 6) is 0.964. The van der Waals surface area contributed by atoms with Gasteiger partial charge in [0.1, 0.15) is 0 Å². The smallest absolute Gasteiger partial charge is 0.0951 e. The molecule has 0 bridgehead atoms. The zero-order chi connectivity index (χ0) is 12.8. The average molecular weight is 249 g/mol. The van der Waals surface area contributed by atoms with Crippen molar-refractivity contribution in [1.29, 1.82) is 0 Å². The van der Waals surface area contributed by atoms with Crippen molar-refractivity contribution in [3.05, 3.63) is 18.2 Å². The van der Waals surface area contributed by atoms with Crippen molar-refractivity contribution in [3.8, 4) is 0 Å². The van der Waals surface area contributed by atoms with Gasteiger partial charge in [0.15, 0.2) is 0 Å². The van der Waals surface area contributed by atoms with Gasteiger partial charge < -0.3 is 9.88 Å². The molecule has 0 atom stereocenters. The van der Waals surface area contributed by atoms with Gasteiger partial charge in [-0.05, 0) is 44.6 Å². The molecule has 0 radical (unpaired) electrons. The van der Waals surface area contributed by atoms with E-state index < -0.39 is 0 Å². The summed E-state index contributed by atoms with van der Waals surface area (Å²) in [6.45, 7) is 6.58. The van der Waals surface area contributed by atoms with Gasteiger partial charge in [0, 0.05) is 18.8 Å². The topological polar surface area (TPSA) is 29.9 Å². The van der Waals surface area contributed by atoms with Crippen LogP contribution in [0, 0.1) is 5.92 Å². The van der Waals surface area contributed by atoms with E-state index in [-0.39, 0.29) is 0 Å². The minimum atomic E-state index is 0.689. The Kier molecular flexibility index (Phi) is 5.24. The van der Waals surface area contributed by atoms with E-state index >= 15 is 0 Å². The number of hydrogen-bond acceptors (Lipinski definition) is 2. The molecule has 0 amide bonds. The fourth-order valence-electron chi connectivity index (χ4n) is 3.02. The van der Waals surface area contributed by atoms with Crippen molar-refractivity contribution < 1.29 is 0 Å². The molecule has 0 unspecified atom stereocenters. The zero-order valence-corrected chi connectivity index (χ0v) is 11.9. The molecule has 1 aromatic heterocycles. The Morgan fingerprint density at radius 2 is 2.06 bits per heavy atom. The maximum Gasteiger partial charge on any atom is 0.0951 e. The quantitative estimate of drug-likeness (QED) is 0.782. The maximum absolute atomic E-state index is 4.34. The molecule has 1 aromatic rings. The van der Waals surface area contributed by atoms with Crippen LogP contribution in [0.25, 0.3) is 0 Å². The van der Waals surface area contributed by atoms with Crippen LogP contribution in [0.15, 0.2) is 12.5 Å². The molecular weight excluding hydrogens is 222 g/mol. The minimum Gasteiger partial charge on any atom is -0.330 e. The predicted molar refractivity (Wildman–Crippen MR) is 75.5 cm³/mol. The lowest BCUT2D eigenvalue weighted by Crippen LogP contribution is -2.22. The molecule has 0 spiro atoms. The summed E-state index contributed by atoms with van der Waals surface area (Å²) in [4.78, 5) is 4.34. The van der Waals surface area contributed by atoms with Crippen LogP contribution in [0.2, 0.25) is 0 Å². The van der Waals surface area contributed by atoms with Crippen LogP contribution < -0.4 is 5.32 Å². The molecule has 1 fully saturated rings. The fourth-order valence-corrected chi connectivity index (χ4v) is 3.02. The number of hydrogen-bond donors (Lipinski definition) is 1. The first-order valence-electron chi connectivity index (χ1n) is 7.56. The van der Waals surface area contributed by atoms with Gasteiger partial charge in [0.05, 0.1) is 12.0 Å². The normalized spacial score (nSPS) is 24.3. The molecule has 1 aliphatic carbocycles. The van der Waals surface area contributed by atoms with Crippen LogP contribution in [-0.4, -0.2) is 16.1 Å². The third-order valence-corrected chi connectivity index (χ3v) is 4.27. The van der Waals surface area contributed by atoms with Crippen molar-refractivity contribution in [2.75, 3.05) is 6.54 Å². The van der Waals surface area contributed by atoms with E-state index in [4.69, 9.17) is 0 Å². The Labute approximate surface area is 111 Å². The summed E-state index contributed by atoms with van der Waals surface area (Å²) in [6, 6.07) is 0.689. The summed E-state index contributed by atoms with van der Waals surface area (Å²) < 4.78 is 2.41. The molecule has 18 heavy (non-hydrogen) atoms. The highest BCUT2D eigenvalue weighted by atomic mass is 15.1. The number of nitrogens with one attached hydrogen (secondary N) is 1. The van der Waals surface area contributed by atoms with Crippen molar-refractivity contribution >= 4 is 0 Å². The van der Waals surface area contributed by atoms with Gasteiger partial charge >= 0.3 is 0 Å². The molecule has 3 nitrogen and oxygen atoms in total. The first kappa shape index (κ1) is 13.6. The molecule has 0 saturated heterocycles. The second-order valence-corrected chi connectivity index (χ2v) is 5.55. The third-order valence-electron chi connectivity index (χ3n) is 4.27. The van der Waals surface area contributed by atoms with E-state index in [0.717, 1.165) is 19.0 Å². The van der Waals surface area contributed by atoms with Crippen molar-refractivity contribution in [3.63, 3.8) is 0 Å². The second-order valence-electron chi connectivity index (χ2n) is 5.55. The summed E-state index contributed by atoms with van der Waals surface area (Å²) in [5, 5.41) is 3.48. The molecule has 0 aromatic carbocycles. The van der Waals surface area contributed by atoms with E-state index in [9.17, 15) is 0 Å². The van der Waals surface area contributed by atoms with Crippen LogP contribution in [-0.2, 0) is 6.54 Å². The van der Waals surface area contributed by atoms with E-state index in [0.29, 0.717) is 6.04 Å². The molecular formula is C15H27N3. The predicted octanol–water partition coefficient (Wildman–Crippen LogP) is 3.52. The van der Waals surface area contributed by atoms with Crippen molar-refractivity contribution in [2.45, 2.75) is 65.0 Å².